The van der Waals surface area contributed by atoms with Gasteiger partial charge in [-0.3, -0.25) is 9.59 Å². The normalized spacial score (nSPS) is 12.7. The Morgan fingerprint density at radius 1 is 0.949 bits per heavy atom. The molecule has 0 aliphatic heterocycles. The van der Waals surface area contributed by atoms with Gasteiger partial charge in [0.1, 0.15) is 31.0 Å². The van der Waals surface area contributed by atoms with Crippen molar-refractivity contribution in [3.05, 3.63) is 59.7 Å². The minimum Gasteiger partial charge on any atom is -0.489 e. The summed E-state index contributed by atoms with van der Waals surface area (Å²) in [6.07, 6.45) is -12.0. The van der Waals surface area contributed by atoms with Crippen molar-refractivity contribution in [1.29, 1.82) is 0 Å². The number of aliphatic carboxylic acids is 1. The molecule has 1 atom stereocenters. The van der Waals surface area contributed by atoms with Gasteiger partial charge in [0.05, 0.1) is 12.8 Å². The van der Waals surface area contributed by atoms with Gasteiger partial charge in [-0.25, -0.2) is 4.39 Å². The predicted octanol–water partition coefficient (Wildman–Crippen LogP) is 5.66. The summed E-state index contributed by atoms with van der Waals surface area (Å²) in [4.78, 5) is 22.3. The SMILES string of the molecule is O=C(O)CCC(=O)OC(CCN(CF)C(F)(F)F)COc1ccccc1CCc1cccc(OC(F)(F)F)c1. The van der Waals surface area contributed by atoms with E-state index in [2.05, 4.69) is 4.74 Å². The maximum absolute atomic E-state index is 12.9. The van der Waals surface area contributed by atoms with Gasteiger partial charge in [-0.2, -0.15) is 18.1 Å². The van der Waals surface area contributed by atoms with E-state index in [4.69, 9.17) is 14.6 Å². The number of hydrogen-bond acceptors (Lipinski definition) is 6. The molecule has 0 heterocycles. The molecule has 2 rings (SSSR count). The second-order valence-corrected chi connectivity index (χ2v) is 8.26. The zero-order valence-electron chi connectivity index (χ0n) is 20.4. The fourth-order valence-corrected chi connectivity index (χ4v) is 3.40. The van der Waals surface area contributed by atoms with Crippen LogP contribution in [0.2, 0.25) is 0 Å². The first-order valence-corrected chi connectivity index (χ1v) is 11.6. The van der Waals surface area contributed by atoms with Crippen LogP contribution in [0.4, 0.5) is 30.7 Å². The van der Waals surface area contributed by atoms with Gasteiger partial charge < -0.3 is 19.3 Å². The number of rotatable bonds is 15. The number of nitrogens with zero attached hydrogens (tertiary/aromatic N) is 1. The summed E-state index contributed by atoms with van der Waals surface area (Å²) in [5, 5.41) is 8.71. The van der Waals surface area contributed by atoms with Gasteiger partial charge in [0.2, 0.25) is 0 Å². The topological polar surface area (TPSA) is 85.3 Å². The third kappa shape index (κ3) is 12.2. The highest BCUT2D eigenvalue weighted by atomic mass is 19.4. The smallest absolute Gasteiger partial charge is 0.489 e. The van der Waals surface area contributed by atoms with Gasteiger partial charge in [0, 0.05) is 13.0 Å². The second-order valence-electron chi connectivity index (χ2n) is 8.26. The van der Waals surface area contributed by atoms with Crippen LogP contribution in [0.5, 0.6) is 11.5 Å². The number of carboxylic acids is 1. The van der Waals surface area contributed by atoms with Crippen molar-refractivity contribution in [1.82, 2.24) is 4.90 Å². The van der Waals surface area contributed by atoms with Crippen molar-refractivity contribution in [2.24, 2.45) is 0 Å². The molecule has 0 aliphatic carbocycles. The summed E-state index contributed by atoms with van der Waals surface area (Å²) in [6, 6.07) is 11.9. The summed E-state index contributed by atoms with van der Waals surface area (Å²) in [7, 11) is 0. The Hall–Kier alpha value is -3.55. The third-order valence-corrected chi connectivity index (χ3v) is 5.28. The van der Waals surface area contributed by atoms with E-state index in [1.165, 1.54) is 12.1 Å². The van der Waals surface area contributed by atoms with Crippen LogP contribution in [-0.2, 0) is 27.2 Å². The number of hydrogen-bond donors (Lipinski definition) is 1. The van der Waals surface area contributed by atoms with Crippen LogP contribution in [0.3, 0.4) is 0 Å². The molecule has 0 aromatic heterocycles. The van der Waals surface area contributed by atoms with Crippen LogP contribution >= 0.6 is 0 Å². The first kappa shape index (κ1) is 31.7. The van der Waals surface area contributed by atoms with E-state index < -0.39 is 74.8 Å². The zero-order valence-corrected chi connectivity index (χ0v) is 20.4. The number of carboxylic acid groups (broad SMARTS) is 1. The highest BCUT2D eigenvalue weighted by Gasteiger charge is 2.37. The number of halogens is 7. The second kappa shape index (κ2) is 14.6. The van der Waals surface area contributed by atoms with Gasteiger partial charge in [0.15, 0.2) is 0 Å². The number of alkyl halides is 7. The van der Waals surface area contributed by atoms with E-state index in [9.17, 15) is 40.3 Å². The number of ether oxygens (including phenoxy) is 3. The molecule has 2 aromatic rings. The number of benzene rings is 2. The molecule has 0 spiro atoms. The van der Waals surface area contributed by atoms with Crippen molar-refractivity contribution in [2.45, 2.75) is 50.9 Å². The van der Waals surface area contributed by atoms with Crippen molar-refractivity contribution >= 4 is 11.9 Å². The molecule has 2 aromatic carbocycles. The standard InChI is InChI=1S/C25H26F7NO6/c26-16-33(24(27,28)29)13-12-20(38-23(36)11-10-22(34)35)15-37-21-7-2-1-5-18(21)9-8-17-4-3-6-19(14-17)39-25(30,31)32/h1-7,14,20H,8-13,15-16H2,(H,34,35). The molecule has 0 amide bonds. The van der Waals surface area contributed by atoms with Crippen LogP contribution in [0, 0.1) is 0 Å². The van der Waals surface area contributed by atoms with Gasteiger partial charge >= 0.3 is 24.6 Å². The minimum atomic E-state index is -4.96. The molecule has 1 N–H and O–H groups in total. The fraction of sp³-hybridized carbons (Fsp3) is 0.440. The monoisotopic (exact) mass is 569 g/mol. The number of para-hydroxylation sites is 1. The molecule has 7 nitrogen and oxygen atoms in total. The quantitative estimate of drug-likeness (QED) is 0.168. The highest BCUT2D eigenvalue weighted by molar-refractivity contribution is 5.76. The Kier molecular flexibility index (Phi) is 11.8. The minimum absolute atomic E-state index is 0.282. The Morgan fingerprint density at radius 2 is 1.67 bits per heavy atom. The predicted molar refractivity (Wildman–Crippen MR) is 123 cm³/mol. The van der Waals surface area contributed by atoms with Crippen LogP contribution < -0.4 is 9.47 Å². The Balaban J connectivity index is 2.07. The van der Waals surface area contributed by atoms with E-state index in [1.807, 2.05) is 0 Å². The molecular formula is C25H26F7NO6. The van der Waals surface area contributed by atoms with E-state index in [0.717, 1.165) is 6.07 Å². The van der Waals surface area contributed by atoms with Crippen LogP contribution in [0.15, 0.2) is 48.5 Å². The number of aryl methyl sites for hydroxylation is 2. The lowest BCUT2D eigenvalue weighted by Gasteiger charge is -2.25. The molecule has 216 valence electrons. The van der Waals surface area contributed by atoms with E-state index in [0.29, 0.717) is 24.0 Å². The van der Waals surface area contributed by atoms with E-state index in [1.54, 1.807) is 30.3 Å². The van der Waals surface area contributed by atoms with Gasteiger partial charge in [-0.15, -0.1) is 13.2 Å². The average molecular weight is 569 g/mol. The first-order chi connectivity index (χ1) is 18.3. The third-order valence-electron chi connectivity index (χ3n) is 5.28. The van der Waals surface area contributed by atoms with E-state index in [-0.39, 0.29) is 11.5 Å². The Morgan fingerprint density at radius 3 is 2.31 bits per heavy atom. The van der Waals surface area contributed by atoms with Gasteiger partial charge in [0.25, 0.3) is 0 Å². The lowest BCUT2D eigenvalue weighted by molar-refractivity contribution is -0.274. The maximum atomic E-state index is 12.9. The first-order valence-electron chi connectivity index (χ1n) is 11.6. The maximum Gasteiger partial charge on any atom is 0.573 e. The van der Waals surface area contributed by atoms with Crippen molar-refractivity contribution < 1.29 is 59.6 Å². The largest absolute Gasteiger partial charge is 0.573 e. The lowest BCUT2D eigenvalue weighted by Crippen LogP contribution is -2.40. The molecule has 0 saturated heterocycles. The fourth-order valence-electron chi connectivity index (χ4n) is 3.40. The zero-order chi connectivity index (χ0) is 29.1. The summed E-state index contributed by atoms with van der Waals surface area (Å²) < 4.78 is 104. The van der Waals surface area contributed by atoms with Gasteiger partial charge in [-0.05, 0) is 42.2 Å². The molecule has 0 saturated carbocycles. The Bertz CT molecular complexity index is 1080. The summed E-state index contributed by atoms with van der Waals surface area (Å²) in [5.74, 6) is -2.34. The molecule has 0 bridgehead atoms. The lowest BCUT2D eigenvalue weighted by atomic mass is 10.0. The summed E-state index contributed by atoms with van der Waals surface area (Å²) >= 11 is 0. The van der Waals surface area contributed by atoms with Crippen molar-refractivity contribution in [3.63, 3.8) is 0 Å². The number of carbonyl (C=O) groups is 2. The molecule has 0 fully saturated rings. The molecular weight excluding hydrogens is 543 g/mol. The van der Waals surface area contributed by atoms with Crippen LogP contribution in [0.25, 0.3) is 0 Å². The number of esters is 1. The van der Waals surface area contributed by atoms with Crippen LogP contribution in [0.1, 0.15) is 30.4 Å². The molecule has 14 heteroatoms. The number of carbonyl (C=O) groups excluding carboxylic acids is 1. The molecule has 1 unspecified atom stereocenters. The molecule has 0 radical (unpaired) electrons. The van der Waals surface area contributed by atoms with E-state index >= 15 is 0 Å². The average Bonchev–Trinajstić information content (AvgIpc) is 2.83. The van der Waals surface area contributed by atoms with Gasteiger partial charge in [-0.1, -0.05) is 30.3 Å². The summed E-state index contributed by atoms with van der Waals surface area (Å²) in [5.41, 5.74) is 1.14. The molecule has 0 aliphatic rings. The molecule has 39 heavy (non-hydrogen) atoms. The van der Waals surface area contributed by atoms with Crippen molar-refractivity contribution in [3.8, 4) is 11.5 Å². The highest BCUT2D eigenvalue weighted by Crippen LogP contribution is 2.26. The Labute approximate surface area is 219 Å². The summed E-state index contributed by atoms with van der Waals surface area (Å²) in [6.45, 7) is -3.08. The van der Waals surface area contributed by atoms with Crippen LogP contribution in [-0.4, -0.2) is 60.7 Å². The van der Waals surface area contributed by atoms with Crippen molar-refractivity contribution in [2.75, 3.05) is 20.0 Å².